The van der Waals surface area contributed by atoms with Crippen LogP contribution in [0.1, 0.15) is 38.3 Å². The van der Waals surface area contributed by atoms with Crippen LogP contribution in [0.3, 0.4) is 0 Å². The maximum Gasteiger partial charge on any atom is 0.0702 e. The van der Waals surface area contributed by atoms with E-state index in [2.05, 4.69) is 48.0 Å². The van der Waals surface area contributed by atoms with Gasteiger partial charge >= 0.3 is 0 Å². The largest absolute Gasteiger partial charge is 0.294 e. The van der Waals surface area contributed by atoms with Crippen molar-refractivity contribution in [1.29, 1.82) is 0 Å². The quantitative estimate of drug-likeness (QED) is 0.794. The Morgan fingerprint density at radius 3 is 3.00 bits per heavy atom. The van der Waals surface area contributed by atoms with E-state index < -0.39 is 0 Å². The molecule has 18 heavy (non-hydrogen) atoms. The summed E-state index contributed by atoms with van der Waals surface area (Å²) in [7, 11) is 0. The average molecular weight is 240 g/mol. The van der Waals surface area contributed by atoms with Crippen molar-refractivity contribution >= 4 is 10.9 Å². The van der Waals surface area contributed by atoms with Gasteiger partial charge in [-0.1, -0.05) is 12.1 Å². The molecule has 0 N–H and O–H groups in total. The summed E-state index contributed by atoms with van der Waals surface area (Å²) in [6, 6.07) is 12.1. The number of pyridine rings is 1. The van der Waals surface area contributed by atoms with Crippen molar-refractivity contribution in [3.05, 3.63) is 42.1 Å². The first-order chi connectivity index (χ1) is 8.75. The summed E-state index contributed by atoms with van der Waals surface area (Å²) in [5.41, 5.74) is 2.54. The molecular weight excluding hydrogens is 220 g/mol. The lowest BCUT2D eigenvalue weighted by atomic mass is 10.0. The van der Waals surface area contributed by atoms with Crippen LogP contribution in [0.5, 0.6) is 0 Å². The van der Waals surface area contributed by atoms with E-state index in [1.165, 1.54) is 30.3 Å². The SMILES string of the molecule is CC(C)N1CCCC1c1ccc2ncccc2c1. The topological polar surface area (TPSA) is 16.1 Å². The van der Waals surface area contributed by atoms with E-state index in [1.807, 2.05) is 12.3 Å². The Morgan fingerprint density at radius 1 is 1.28 bits per heavy atom. The van der Waals surface area contributed by atoms with Gasteiger partial charge < -0.3 is 0 Å². The van der Waals surface area contributed by atoms with Crippen molar-refractivity contribution in [3.8, 4) is 0 Å². The number of hydrogen-bond acceptors (Lipinski definition) is 2. The maximum absolute atomic E-state index is 4.39. The molecule has 1 aromatic heterocycles. The zero-order valence-corrected chi connectivity index (χ0v) is 11.1. The molecular formula is C16H20N2. The number of rotatable bonds is 2. The van der Waals surface area contributed by atoms with Crippen LogP contribution in [-0.2, 0) is 0 Å². The van der Waals surface area contributed by atoms with E-state index in [-0.39, 0.29) is 0 Å². The van der Waals surface area contributed by atoms with Crippen molar-refractivity contribution in [3.63, 3.8) is 0 Å². The van der Waals surface area contributed by atoms with Gasteiger partial charge in [0.1, 0.15) is 0 Å². The highest BCUT2D eigenvalue weighted by atomic mass is 15.2. The molecule has 0 saturated carbocycles. The fourth-order valence-corrected chi connectivity index (χ4v) is 3.07. The lowest BCUT2D eigenvalue weighted by Gasteiger charge is -2.28. The highest BCUT2D eigenvalue weighted by Crippen LogP contribution is 2.34. The second kappa shape index (κ2) is 4.69. The monoisotopic (exact) mass is 240 g/mol. The number of likely N-dealkylation sites (tertiary alicyclic amines) is 1. The first kappa shape index (κ1) is 11.7. The molecule has 1 unspecified atom stereocenters. The highest BCUT2D eigenvalue weighted by molar-refractivity contribution is 5.79. The Hall–Kier alpha value is -1.41. The summed E-state index contributed by atoms with van der Waals surface area (Å²) in [6.07, 6.45) is 4.45. The van der Waals surface area contributed by atoms with Crippen LogP contribution in [0.4, 0.5) is 0 Å². The molecule has 94 valence electrons. The van der Waals surface area contributed by atoms with Gasteiger partial charge in [-0.25, -0.2) is 0 Å². The van der Waals surface area contributed by atoms with Gasteiger partial charge in [0.2, 0.25) is 0 Å². The predicted octanol–water partition coefficient (Wildman–Crippen LogP) is 3.78. The van der Waals surface area contributed by atoms with Gasteiger partial charge in [0.25, 0.3) is 0 Å². The molecule has 1 fully saturated rings. The Balaban J connectivity index is 1.98. The first-order valence-corrected chi connectivity index (χ1v) is 6.86. The Bertz CT molecular complexity index is 548. The van der Waals surface area contributed by atoms with E-state index in [4.69, 9.17) is 0 Å². The van der Waals surface area contributed by atoms with Gasteiger partial charge in [-0.15, -0.1) is 0 Å². The van der Waals surface area contributed by atoms with E-state index >= 15 is 0 Å². The van der Waals surface area contributed by atoms with Crippen LogP contribution in [0.25, 0.3) is 10.9 Å². The molecule has 1 saturated heterocycles. The molecule has 3 rings (SSSR count). The molecule has 1 aliphatic rings. The number of aromatic nitrogens is 1. The minimum Gasteiger partial charge on any atom is -0.294 e. The fraction of sp³-hybridized carbons (Fsp3) is 0.438. The van der Waals surface area contributed by atoms with Crippen LogP contribution in [0, 0.1) is 0 Å². The van der Waals surface area contributed by atoms with Crippen molar-refractivity contribution in [1.82, 2.24) is 9.88 Å². The van der Waals surface area contributed by atoms with Gasteiger partial charge in [0, 0.05) is 23.7 Å². The minimum atomic E-state index is 0.592. The normalized spacial score (nSPS) is 20.9. The molecule has 1 aromatic carbocycles. The molecule has 2 heteroatoms. The van der Waals surface area contributed by atoms with Gasteiger partial charge in [0.05, 0.1) is 5.52 Å². The molecule has 0 aliphatic carbocycles. The summed E-state index contributed by atoms with van der Waals surface area (Å²) in [6.45, 7) is 5.81. The fourth-order valence-electron chi connectivity index (χ4n) is 3.07. The summed E-state index contributed by atoms with van der Waals surface area (Å²) >= 11 is 0. The van der Waals surface area contributed by atoms with Crippen LogP contribution >= 0.6 is 0 Å². The summed E-state index contributed by atoms with van der Waals surface area (Å²) in [5.74, 6) is 0. The van der Waals surface area contributed by atoms with E-state index in [9.17, 15) is 0 Å². The number of nitrogens with zero attached hydrogens (tertiary/aromatic N) is 2. The molecule has 2 heterocycles. The van der Waals surface area contributed by atoms with Crippen molar-refractivity contribution in [2.45, 2.75) is 38.8 Å². The Labute approximate surface area is 109 Å². The molecule has 0 amide bonds. The molecule has 0 radical (unpaired) electrons. The lowest BCUT2D eigenvalue weighted by Crippen LogP contribution is -2.30. The van der Waals surface area contributed by atoms with Gasteiger partial charge in [-0.2, -0.15) is 0 Å². The van der Waals surface area contributed by atoms with E-state index in [0.717, 1.165) is 5.52 Å². The average Bonchev–Trinajstić information content (AvgIpc) is 2.87. The van der Waals surface area contributed by atoms with Gasteiger partial charge in [-0.05, 0) is 57.0 Å². The zero-order valence-electron chi connectivity index (χ0n) is 11.1. The third-order valence-corrected chi connectivity index (χ3v) is 3.97. The molecule has 0 bridgehead atoms. The van der Waals surface area contributed by atoms with Crippen LogP contribution < -0.4 is 0 Å². The highest BCUT2D eigenvalue weighted by Gasteiger charge is 2.27. The number of fused-ring (bicyclic) bond motifs is 1. The molecule has 2 aromatic rings. The minimum absolute atomic E-state index is 0.592. The van der Waals surface area contributed by atoms with Gasteiger partial charge in [0.15, 0.2) is 0 Å². The number of hydrogen-bond donors (Lipinski definition) is 0. The summed E-state index contributed by atoms with van der Waals surface area (Å²) < 4.78 is 0. The maximum atomic E-state index is 4.39. The molecule has 1 aliphatic heterocycles. The standard InChI is InChI=1S/C16H20N2/c1-12(2)18-10-4-6-16(18)14-7-8-15-13(11-14)5-3-9-17-15/h3,5,7-9,11-12,16H,4,6,10H2,1-2H3. The van der Waals surface area contributed by atoms with E-state index in [0.29, 0.717) is 12.1 Å². The van der Waals surface area contributed by atoms with Crippen molar-refractivity contribution in [2.75, 3.05) is 6.54 Å². The third kappa shape index (κ3) is 2.01. The van der Waals surface area contributed by atoms with Gasteiger partial charge in [-0.3, -0.25) is 9.88 Å². The molecule has 1 atom stereocenters. The Morgan fingerprint density at radius 2 is 2.17 bits per heavy atom. The predicted molar refractivity (Wildman–Crippen MR) is 75.6 cm³/mol. The lowest BCUT2D eigenvalue weighted by molar-refractivity contribution is 0.205. The van der Waals surface area contributed by atoms with Crippen LogP contribution in [0.15, 0.2) is 36.5 Å². The Kier molecular flexibility index (Phi) is 3.04. The second-order valence-electron chi connectivity index (χ2n) is 5.45. The molecule has 0 spiro atoms. The molecule has 2 nitrogen and oxygen atoms in total. The second-order valence-corrected chi connectivity index (χ2v) is 5.45. The number of benzene rings is 1. The smallest absolute Gasteiger partial charge is 0.0702 e. The van der Waals surface area contributed by atoms with Crippen molar-refractivity contribution in [2.24, 2.45) is 0 Å². The third-order valence-electron chi connectivity index (χ3n) is 3.97. The zero-order chi connectivity index (χ0) is 12.5. The first-order valence-electron chi connectivity index (χ1n) is 6.86. The van der Waals surface area contributed by atoms with Crippen LogP contribution in [0.2, 0.25) is 0 Å². The summed E-state index contributed by atoms with van der Waals surface area (Å²) in [4.78, 5) is 7.00. The van der Waals surface area contributed by atoms with Crippen LogP contribution in [-0.4, -0.2) is 22.5 Å². The van der Waals surface area contributed by atoms with Crippen molar-refractivity contribution < 1.29 is 0 Å². The summed E-state index contributed by atoms with van der Waals surface area (Å²) in [5, 5.41) is 1.26. The van der Waals surface area contributed by atoms with E-state index in [1.54, 1.807) is 0 Å².